The van der Waals surface area contributed by atoms with Crippen molar-refractivity contribution < 1.29 is 18.3 Å². The zero-order chi connectivity index (χ0) is 18.2. The predicted molar refractivity (Wildman–Crippen MR) is 93.3 cm³/mol. The number of hydrazone groups is 1. The van der Waals surface area contributed by atoms with Gasteiger partial charge in [0.25, 0.3) is 0 Å². The van der Waals surface area contributed by atoms with Crippen molar-refractivity contribution in [2.24, 2.45) is 5.10 Å². The average Bonchev–Trinajstić information content (AvgIpc) is 2.55. The molecule has 0 saturated carbocycles. The molecule has 0 aromatic heterocycles. The van der Waals surface area contributed by atoms with Crippen LogP contribution in [0, 0.1) is 11.6 Å². The average molecular weight is 387 g/mol. The minimum absolute atomic E-state index is 0.0717. The second-order valence-electron chi connectivity index (χ2n) is 4.99. The molecule has 0 aliphatic carbocycles. The number of carbonyl (C=O) groups excluding carboxylic acids is 1. The second-order valence-corrected chi connectivity index (χ2v) is 5.83. The third kappa shape index (κ3) is 6.32. The Kier molecular flexibility index (Phi) is 7.16. The van der Waals surface area contributed by atoms with Crippen LogP contribution < -0.4 is 10.2 Å². The van der Waals surface area contributed by atoms with E-state index in [0.717, 1.165) is 18.3 Å². The molecule has 0 heterocycles. The van der Waals surface area contributed by atoms with Crippen LogP contribution in [-0.2, 0) is 4.79 Å². The summed E-state index contributed by atoms with van der Waals surface area (Å²) >= 11 is 11.7. The van der Waals surface area contributed by atoms with Crippen LogP contribution in [-0.4, -0.2) is 18.7 Å². The van der Waals surface area contributed by atoms with Gasteiger partial charge in [-0.15, -0.1) is 0 Å². The standard InChI is InChI=1S/C17H14Cl2F2N2O2/c18-12-4-6-16(14(19)8-12)25-7-1-2-17(24)23-22-10-11-3-5-13(20)9-15(11)21/h3-6,8-10H,1-2,7H2,(H,23,24)/b22-10-. The lowest BCUT2D eigenvalue weighted by Crippen LogP contribution is -2.18. The van der Waals surface area contributed by atoms with Crippen LogP contribution in [0.5, 0.6) is 5.75 Å². The number of carbonyl (C=O) groups is 1. The van der Waals surface area contributed by atoms with E-state index in [2.05, 4.69) is 10.5 Å². The van der Waals surface area contributed by atoms with Crippen molar-refractivity contribution in [3.05, 3.63) is 63.6 Å². The normalized spacial score (nSPS) is 10.9. The zero-order valence-corrected chi connectivity index (χ0v) is 14.5. The van der Waals surface area contributed by atoms with Gasteiger partial charge in [-0.3, -0.25) is 4.79 Å². The maximum absolute atomic E-state index is 13.4. The first-order valence-corrected chi connectivity index (χ1v) is 8.06. The highest BCUT2D eigenvalue weighted by Gasteiger charge is 2.04. The molecule has 2 rings (SSSR count). The number of rotatable bonds is 7. The molecule has 8 heteroatoms. The van der Waals surface area contributed by atoms with Crippen LogP contribution in [0.1, 0.15) is 18.4 Å². The van der Waals surface area contributed by atoms with Crippen LogP contribution in [0.15, 0.2) is 41.5 Å². The van der Waals surface area contributed by atoms with Gasteiger partial charge < -0.3 is 4.74 Å². The fraction of sp³-hybridized carbons (Fsp3) is 0.176. The molecule has 2 aromatic rings. The summed E-state index contributed by atoms with van der Waals surface area (Å²) in [6.45, 7) is 0.283. The minimum atomic E-state index is -0.758. The first kappa shape index (κ1) is 19.1. The first-order chi connectivity index (χ1) is 12.0. The van der Waals surface area contributed by atoms with E-state index in [4.69, 9.17) is 27.9 Å². The Labute approximate surface area is 153 Å². The van der Waals surface area contributed by atoms with Gasteiger partial charge in [-0.05, 0) is 36.8 Å². The van der Waals surface area contributed by atoms with E-state index >= 15 is 0 Å². The fourth-order valence-electron chi connectivity index (χ4n) is 1.84. The van der Waals surface area contributed by atoms with E-state index in [1.54, 1.807) is 18.2 Å². The van der Waals surface area contributed by atoms with Gasteiger partial charge in [0.05, 0.1) is 17.8 Å². The molecule has 0 aliphatic rings. The van der Waals surface area contributed by atoms with Gasteiger partial charge in [-0.25, -0.2) is 14.2 Å². The monoisotopic (exact) mass is 386 g/mol. The number of ether oxygens (including phenoxy) is 1. The maximum Gasteiger partial charge on any atom is 0.240 e. The van der Waals surface area contributed by atoms with Crippen molar-refractivity contribution in [1.82, 2.24) is 5.43 Å². The Balaban J connectivity index is 1.71. The number of benzene rings is 2. The highest BCUT2D eigenvalue weighted by Crippen LogP contribution is 2.27. The lowest BCUT2D eigenvalue weighted by atomic mass is 10.2. The lowest BCUT2D eigenvalue weighted by Gasteiger charge is -2.07. The molecule has 25 heavy (non-hydrogen) atoms. The van der Waals surface area contributed by atoms with E-state index in [-0.39, 0.29) is 24.5 Å². The zero-order valence-electron chi connectivity index (χ0n) is 12.9. The summed E-state index contributed by atoms with van der Waals surface area (Å²) in [4.78, 5) is 11.6. The first-order valence-electron chi connectivity index (χ1n) is 7.30. The molecule has 132 valence electrons. The highest BCUT2D eigenvalue weighted by molar-refractivity contribution is 6.35. The summed E-state index contributed by atoms with van der Waals surface area (Å²) < 4.78 is 31.6. The summed E-state index contributed by atoms with van der Waals surface area (Å²) in [6, 6.07) is 7.93. The largest absolute Gasteiger partial charge is 0.492 e. The molecule has 0 atom stereocenters. The summed E-state index contributed by atoms with van der Waals surface area (Å²) in [5.41, 5.74) is 2.33. The molecule has 0 radical (unpaired) electrons. The fourth-order valence-corrected chi connectivity index (χ4v) is 2.31. The molecule has 1 N–H and O–H groups in total. The smallest absolute Gasteiger partial charge is 0.240 e. The third-order valence-corrected chi connectivity index (χ3v) is 3.59. The van der Waals surface area contributed by atoms with E-state index in [9.17, 15) is 13.6 Å². The summed E-state index contributed by atoms with van der Waals surface area (Å²) in [5, 5.41) is 4.53. The van der Waals surface area contributed by atoms with Crippen LogP contribution in [0.2, 0.25) is 10.0 Å². The Morgan fingerprint density at radius 1 is 1.20 bits per heavy atom. The molecule has 0 aliphatic heterocycles. The van der Waals surface area contributed by atoms with Gasteiger partial charge in [0.1, 0.15) is 17.4 Å². The molecular weight excluding hydrogens is 373 g/mol. The molecular formula is C17H14Cl2F2N2O2. The molecule has 0 spiro atoms. The molecule has 0 bridgehead atoms. The highest BCUT2D eigenvalue weighted by atomic mass is 35.5. The number of nitrogens with zero attached hydrogens (tertiary/aromatic N) is 1. The van der Waals surface area contributed by atoms with E-state index < -0.39 is 11.6 Å². The van der Waals surface area contributed by atoms with Crippen LogP contribution >= 0.6 is 23.2 Å². The number of hydrogen-bond acceptors (Lipinski definition) is 3. The van der Waals surface area contributed by atoms with Crippen molar-refractivity contribution >= 4 is 35.3 Å². The number of amides is 1. The summed E-state index contributed by atoms with van der Waals surface area (Å²) in [7, 11) is 0. The topological polar surface area (TPSA) is 50.7 Å². The van der Waals surface area contributed by atoms with Crippen molar-refractivity contribution in [1.29, 1.82) is 0 Å². The Morgan fingerprint density at radius 3 is 2.72 bits per heavy atom. The quantitative estimate of drug-likeness (QED) is 0.430. The Hall–Kier alpha value is -2.18. The van der Waals surface area contributed by atoms with Crippen molar-refractivity contribution in [2.45, 2.75) is 12.8 Å². The molecule has 0 unspecified atom stereocenters. The Morgan fingerprint density at radius 2 is 2.00 bits per heavy atom. The Bertz CT molecular complexity index is 785. The van der Waals surface area contributed by atoms with Gasteiger partial charge in [-0.1, -0.05) is 23.2 Å². The lowest BCUT2D eigenvalue weighted by molar-refractivity contribution is -0.121. The van der Waals surface area contributed by atoms with Crippen LogP contribution in [0.4, 0.5) is 8.78 Å². The van der Waals surface area contributed by atoms with Gasteiger partial charge in [0, 0.05) is 23.1 Å². The second kappa shape index (κ2) is 9.34. The number of hydrogen-bond donors (Lipinski definition) is 1. The van der Waals surface area contributed by atoms with Gasteiger partial charge in [0.15, 0.2) is 0 Å². The molecule has 0 fully saturated rings. The summed E-state index contributed by atoms with van der Waals surface area (Å²) in [6.07, 6.45) is 1.70. The molecule has 0 saturated heterocycles. The van der Waals surface area contributed by atoms with Crippen LogP contribution in [0.25, 0.3) is 0 Å². The number of halogens is 4. The SMILES string of the molecule is O=C(CCCOc1ccc(Cl)cc1Cl)N/N=C\c1ccc(F)cc1F. The van der Waals surface area contributed by atoms with Gasteiger partial charge in [-0.2, -0.15) is 5.10 Å². The maximum atomic E-state index is 13.4. The molecule has 4 nitrogen and oxygen atoms in total. The number of nitrogens with one attached hydrogen (secondary N) is 1. The molecule has 2 aromatic carbocycles. The van der Waals surface area contributed by atoms with Crippen LogP contribution in [0.3, 0.4) is 0 Å². The third-order valence-electron chi connectivity index (χ3n) is 3.06. The van der Waals surface area contributed by atoms with Gasteiger partial charge in [0.2, 0.25) is 5.91 Å². The van der Waals surface area contributed by atoms with E-state index in [1.165, 1.54) is 6.07 Å². The summed E-state index contributed by atoms with van der Waals surface area (Å²) in [5.74, 6) is -1.31. The van der Waals surface area contributed by atoms with Crippen molar-refractivity contribution in [3.63, 3.8) is 0 Å². The minimum Gasteiger partial charge on any atom is -0.492 e. The van der Waals surface area contributed by atoms with Crippen molar-refractivity contribution in [2.75, 3.05) is 6.61 Å². The van der Waals surface area contributed by atoms with E-state index in [0.29, 0.717) is 22.2 Å². The van der Waals surface area contributed by atoms with E-state index in [1.807, 2.05) is 0 Å². The molecule has 1 amide bonds. The van der Waals surface area contributed by atoms with Gasteiger partial charge >= 0.3 is 0 Å². The van der Waals surface area contributed by atoms with Crippen molar-refractivity contribution in [3.8, 4) is 5.75 Å². The predicted octanol–water partition coefficient (Wildman–Crippen LogP) is 4.58.